The summed E-state index contributed by atoms with van der Waals surface area (Å²) >= 11 is 0. The molecular formula is C44H31N3. The molecule has 222 valence electrons. The van der Waals surface area contributed by atoms with E-state index in [1.54, 1.807) is 0 Å². The normalized spacial score (nSPS) is 13.1. The lowest BCUT2D eigenvalue weighted by atomic mass is 9.81. The molecule has 0 spiro atoms. The van der Waals surface area contributed by atoms with Crippen LogP contribution in [0.25, 0.3) is 78.0 Å². The molecule has 9 rings (SSSR count). The van der Waals surface area contributed by atoms with Gasteiger partial charge in [0.2, 0.25) is 0 Å². The average molecular weight is 602 g/mol. The SMILES string of the molecule is CC1(C)c2cc(-c3nc(-c4cccc(-c5ccccc5)c4)nc(-c4ccc5ccccc5c4)n3)ccc2-c2cc3ccccc3cc21. The van der Waals surface area contributed by atoms with E-state index in [0.717, 1.165) is 33.2 Å². The van der Waals surface area contributed by atoms with Crippen molar-refractivity contribution in [3.8, 4) is 56.4 Å². The molecule has 0 radical (unpaired) electrons. The van der Waals surface area contributed by atoms with Gasteiger partial charge >= 0.3 is 0 Å². The molecule has 0 unspecified atom stereocenters. The Labute approximate surface area is 274 Å². The molecule has 0 amide bonds. The number of aromatic nitrogens is 3. The van der Waals surface area contributed by atoms with Crippen LogP contribution in [0.5, 0.6) is 0 Å². The third-order valence-corrected chi connectivity index (χ3v) is 9.67. The van der Waals surface area contributed by atoms with E-state index in [2.05, 4.69) is 159 Å². The van der Waals surface area contributed by atoms with Crippen molar-refractivity contribution in [3.05, 3.63) is 163 Å². The molecule has 0 bridgehead atoms. The molecule has 0 aliphatic heterocycles. The maximum Gasteiger partial charge on any atom is 0.164 e. The molecule has 47 heavy (non-hydrogen) atoms. The van der Waals surface area contributed by atoms with Crippen molar-refractivity contribution in [2.45, 2.75) is 19.3 Å². The summed E-state index contributed by atoms with van der Waals surface area (Å²) in [6.45, 7) is 4.65. The number of hydrogen-bond acceptors (Lipinski definition) is 3. The Balaban J connectivity index is 1.22. The summed E-state index contributed by atoms with van der Waals surface area (Å²) < 4.78 is 0. The molecule has 1 heterocycles. The summed E-state index contributed by atoms with van der Waals surface area (Å²) in [7, 11) is 0. The van der Waals surface area contributed by atoms with Crippen LogP contribution in [-0.2, 0) is 5.41 Å². The van der Waals surface area contributed by atoms with Crippen LogP contribution in [0.2, 0.25) is 0 Å². The minimum atomic E-state index is -0.161. The van der Waals surface area contributed by atoms with Gasteiger partial charge in [-0.05, 0) is 85.3 Å². The van der Waals surface area contributed by atoms with Gasteiger partial charge in [0, 0.05) is 22.1 Å². The Hall–Kier alpha value is -5.93. The highest BCUT2D eigenvalue weighted by molar-refractivity contribution is 5.94. The van der Waals surface area contributed by atoms with Gasteiger partial charge in [-0.3, -0.25) is 0 Å². The number of hydrogen-bond donors (Lipinski definition) is 0. The first-order chi connectivity index (χ1) is 23.0. The zero-order chi connectivity index (χ0) is 31.5. The molecule has 1 aliphatic carbocycles. The number of benzene rings is 7. The van der Waals surface area contributed by atoms with E-state index in [1.165, 1.54) is 38.4 Å². The highest BCUT2D eigenvalue weighted by atomic mass is 15.0. The van der Waals surface area contributed by atoms with E-state index >= 15 is 0 Å². The van der Waals surface area contributed by atoms with E-state index < -0.39 is 0 Å². The summed E-state index contributed by atoms with van der Waals surface area (Å²) in [5, 5.41) is 4.88. The molecule has 1 aromatic heterocycles. The molecular weight excluding hydrogens is 571 g/mol. The minimum Gasteiger partial charge on any atom is -0.208 e. The molecule has 3 heteroatoms. The van der Waals surface area contributed by atoms with Gasteiger partial charge in [-0.25, -0.2) is 15.0 Å². The fourth-order valence-corrected chi connectivity index (χ4v) is 7.12. The maximum absolute atomic E-state index is 5.14. The van der Waals surface area contributed by atoms with Crippen LogP contribution in [-0.4, -0.2) is 15.0 Å². The molecule has 0 N–H and O–H groups in total. The van der Waals surface area contributed by atoms with E-state index in [1.807, 2.05) is 6.07 Å². The molecule has 0 fully saturated rings. The smallest absolute Gasteiger partial charge is 0.164 e. The first-order valence-electron chi connectivity index (χ1n) is 16.1. The largest absolute Gasteiger partial charge is 0.208 e. The zero-order valence-electron chi connectivity index (χ0n) is 26.3. The van der Waals surface area contributed by atoms with Crippen LogP contribution in [0.15, 0.2) is 152 Å². The van der Waals surface area contributed by atoms with Crippen molar-refractivity contribution >= 4 is 21.5 Å². The predicted molar refractivity (Wildman–Crippen MR) is 194 cm³/mol. The predicted octanol–water partition coefficient (Wildman–Crippen LogP) is 11.2. The Morgan fingerprint density at radius 2 is 0.851 bits per heavy atom. The second-order valence-electron chi connectivity index (χ2n) is 12.9. The van der Waals surface area contributed by atoms with Gasteiger partial charge in [-0.15, -0.1) is 0 Å². The Kier molecular flexibility index (Phi) is 6.16. The topological polar surface area (TPSA) is 38.7 Å². The van der Waals surface area contributed by atoms with Gasteiger partial charge in [-0.1, -0.05) is 135 Å². The molecule has 1 aliphatic rings. The molecule has 8 aromatic rings. The van der Waals surface area contributed by atoms with Gasteiger partial charge in [0.1, 0.15) is 0 Å². The van der Waals surface area contributed by atoms with Crippen LogP contribution >= 0.6 is 0 Å². The molecule has 0 atom stereocenters. The van der Waals surface area contributed by atoms with Crippen LogP contribution in [0.3, 0.4) is 0 Å². The Bertz CT molecular complexity index is 2490. The second-order valence-corrected chi connectivity index (χ2v) is 12.9. The van der Waals surface area contributed by atoms with Gasteiger partial charge < -0.3 is 0 Å². The first-order valence-corrected chi connectivity index (χ1v) is 16.1. The number of nitrogens with zero attached hydrogens (tertiary/aromatic N) is 3. The van der Waals surface area contributed by atoms with Crippen molar-refractivity contribution < 1.29 is 0 Å². The highest BCUT2D eigenvalue weighted by Crippen LogP contribution is 2.50. The van der Waals surface area contributed by atoms with Gasteiger partial charge in [0.15, 0.2) is 17.5 Å². The second kappa shape index (κ2) is 10.6. The molecule has 0 saturated heterocycles. The lowest BCUT2D eigenvalue weighted by molar-refractivity contribution is 0.661. The lowest BCUT2D eigenvalue weighted by Gasteiger charge is -2.22. The average Bonchev–Trinajstić information content (AvgIpc) is 3.35. The zero-order valence-corrected chi connectivity index (χ0v) is 26.3. The molecule has 0 saturated carbocycles. The van der Waals surface area contributed by atoms with E-state index in [0.29, 0.717) is 17.5 Å². The van der Waals surface area contributed by atoms with Crippen molar-refractivity contribution in [1.82, 2.24) is 15.0 Å². The fraction of sp³-hybridized carbons (Fsp3) is 0.0682. The molecule has 7 aromatic carbocycles. The van der Waals surface area contributed by atoms with Crippen LogP contribution in [0, 0.1) is 0 Å². The summed E-state index contributed by atoms with van der Waals surface area (Å²) in [6.07, 6.45) is 0. The fourth-order valence-electron chi connectivity index (χ4n) is 7.12. The molecule has 3 nitrogen and oxygen atoms in total. The van der Waals surface area contributed by atoms with E-state index in [-0.39, 0.29) is 5.41 Å². The standard InChI is InChI=1S/C44H31N3/c1-44(2)39-27-36(21-22-37(39)38-25-32-15-8-9-16-33(32)26-40(38)44)43-46-41(34-18-10-17-31(23-34)28-11-4-3-5-12-28)45-42(47-43)35-20-19-29-13-6-7-14-30(29)24-35/h3-27H,1-2H3. The quantitative estimate of drug-likeness (QED) is 0.201. The summed E-state index contributed by atoms with van der Waals surface area (Å²) in [4.78, 5) is 15.4. The number of rotatable bonds is 4. The van der Waals surface area contributed by atoms with E-state index in [4.69, 9.17) is 15.0 Å². The maximum atomic E-state index is 5.14. The lowest BCUT2D eigenvalue weighted by Crippen LogP contribution is -2.15. The van der Waals surface area contributed by atoms with Crippen molar-refractivity contribution in [3.63, 3.8) is 0 Å². The van der Waals surface area contributed by atoms with Crippen molar-refractivity contribution in [2.24, 2.45) is 0 Å². The van der Waals surface area contributed by atoms with Gasteiger partial charge in [-0.2, -0.15) is 0 Å². The Morgan fingerprint density at radius 1 is 0.340 bits per heavy atom. The van der Waals surface area contributed by atoms with Gasteiger partial charge in [0.05, 0.1) is 0 Å². The summed E-state index contributed by atoms with van der Waals surface area (Å²) in [6, 6.07) is 53.8. The Morgan fingerprint density at radius 3 is 1.57 bits per heavy atom. The van der Waals surface area contributed by atoms with Crippen molar-refractivity contribution in [2.75, 3.05) is 0 Å². The van der Waals surface area contributed by atoms with Crippen LogP contribution < -0.4 is 0 Å². The van der Waals surface area contributed by atoms with Crippen LogP contribution in [0.1, 0.15) is 25.0 Å². The third-order valence-electron chi connectivity index (χ3n) is 9.67. The van der Waals surface area contributed by atoms with E-state index in [9.17, 15) is 0 Å². The van der Waals surface area contributed by atoms with Gasteiger partial charge in [0.25, 0.3) is 0 Å². The summed E-state index contributed by atoms with van der Waals surface area (Å²) in [5.41, 5.74) is 10.3. The monoisotopic (exact) mass is 601 g/mol. The summed E-state index contributed by atoms with van der Waals surface area (Å²) in [5.74, 6) is 1.99. The number of fused-ring (bicyclic) bond motifs is 5. The third kappa shape index (κ3) is 4.62. The van der Waals surface area contributed by atoms with Crippen LogP contribution in [0.4, 0.5) is 0 Å². The van der Waals surface area contributed by atoms with Crippen molar-refractivity contribution in [1.29, 1.82) is 0 Å². The minimum absolute atomic E-state index is 0.161. The first kappa shape index (κ1) is 27.4. The highest BCUT2D eigenvalue weighted by Gasteiger charge is 2.36.